The maximum absolute atomic E-state index is 13.8. The van der Waals surface area contributed by atoms with Crippen LogP contribution in [0.5, 0.6) is 0 Å². The van der Waals surface area contributed by atoms with Gasteiger partial charge in [-0.1, -0.05) is 43.3 Å². The molecule has 3 aromatic carbocycles. The number of aromatic nitrogens is 2. The number of hydrogen-bond donors (Lipinski definition) is 2. The second-order valence-electron chi connectivity index (χ2n) is 11.8. The summed E-state index contributed by atoms with van der Waals surface area (Å²) in [4.78, 5) is 31.6. The van der Waals surface area contributed by atoms with Gasteiger partial charge in [0.1, 0.15) is 5.82 Å². The summed E-state index contributed by atoms with van der Waals surface area (Å²) >= 11 is 0. The Bertz CT molecular complexity index is 1950. The Hall–Kier alpha value is -4.99. The number of benzene rings is 3. The van der Waals surface area contributed by atoms with Crippen molar-refractivity contribution in [1.29, 1.82) is 0 Å². The molecule has 1 aliphatic rings. The summed E-state index contributed by atoms with van der Waals surface area (Å²) < 4.78 is 46.5. The number of nitrogens with zero attached hydrogens (tertiary/aromatic N) is 2. The number of rotatable bonds is 8. The van der Waals surface area contributed by atoms with Crippen LogP contribution in [0, 0.1) is 23.4 Å². The zero-order chi connectivity index (χ0) is 31.3. The smallest absolute Gasteiger partial charge is 0.254 e. The largest absolute Gasteiger partial charge is 0.366 e. The van der Waals surface area contributed by atoms with E-state index in [4.69, 9.17) is 15.2 Å². The third-order valence-electron chi connectivity index (χ3n) is 7.92. The van der Waals surface area contributed by atoms with Gasteiger partial charge in [0.15, 0.2) is 17.2 Å². The van der Waals surface area contributed by atoms with Crippen LogP contribution in [-0.4, -0.2) is 22.0 Å². The third-order valence-corrected chi connectivity index (χ3v) is 7.92. The highest BCUT2D eigenvalue weighted by atomic mass is 19.2. The fourth-order valence-corrected chi connectivity index (χ4v) is 5.97. The van der Waals surface area contributed by atoms with E-state index in [0.29, 0.717) is 57.6 Å². The molecule has 1 atom stereocenters. The predicted molar refractivity (Wildman–Crippen MR) is 158 cm³/mol. The molecule has 0 spiro atoms. The van der Waals surface area contributed by atoms with Crippen molar-refractivity contribution in [2.45, 2.75) is 45.6 Å². The Kier molecular flexibility index (Phi) is 7.23. The molecule has 5 aromatic rings. The predicted octanol–water partition coefficient (Wildman–Crippen LogP) is 6.40. The van der Waals surface area contributed by atoms with Crippen LogP contribution < -0.4 is 11.1 Å². The number of amides is 2. The average Bonchev–Trinajstić information content (AvgIpc) is 3.47. The van der Waals surface area contributed by atoms with Crippen molar-refractivity contribution < 1.29 is 27.3 Å². The van der Waals surface area contributed by atoms with Crippen molar-refractivity contribution in [3.05, 3.63) is 117 Å². The van der Waals surface area contributed by atoms with E-state index in [0.717, 1.165) is 17.7 Å². The lowest BCUT2D eigenvalue weighted by atomic mass is 9.84. The molecule has 2 aromatic heterocycles. The Morgan fingerprint density at radius 3 is 2.36 bits per heavy atom. The SMILES string of the molecule is CC(C)Cc1nc2c(c(-c3ccc4c(Cc5ccc(F)c(F)c5)noc4c3)c1C(N)=O)C(=O)N[C@@]2(C)Cc1ccc(F)cc1. The van der Waals surface area contributed by atoms with E-state index in [2.05, 4.69) is 10.5 Å². The second-order valence-corrected chi connectivity index (χ2v) is 11.8. The summed E-state index contributed by atoms with van der Waals surface area (Å²) in [5.74, 6) is -3.27. The molecule has 0 saturated heterocycles. The van der Waals surface area contributed by atoms with Crippen LogP contribution in [0.25, 0.3) is 22.1 Å². The number of primary amides is 1. The van der Waals surface area contributed by atoms with Gasteiger partial charge >= 0.3 is 0 Å². The second kappa shape index (κ2) is 10.9. The van der Waals surface area contributed by atoms with E-state index in [9.17, 15) is 22.8 Å². The highest BCUT2D eigenvalue weighted by Crippen LogP contribution is 2.42. The monoisotopic (exact) mass is 598 g/mol. The lowest BCUT2D eigenvalue weighted by Crippen LogP contribution is -2.39. The maximum atomic E-state index is 13.8. The molecule has 2 amide bonds. The van der Waals surface area contributed by atoms with Crippen LogP contribution >= 0.6 is 0 Å². The normalized spacial score (nSPS) is 16.0. The molecule has 7 nitrogen and oxygen atoms in total. The quantitative estimate of drug-likeness (QED) is 0.215. The summed E-state index contributed by atoms with van der Waals surface area (Å²) in [6.07, 6.45) is 0.968. The molecule has 1 aliphatic heterocycles. The van der Waals surface area contributed by atoms with Gasteiger partial charge in [-0.15, -0.1) is 0 Å². The summed E-state index contributed by atoms with van der Waals surface area (Å²) in [6, 6.07) is 14.9. The minimum absolute atomic E-state index is 0.121. The number of nitrogens with one attached hydrogen (secondary N) is 1. The number of carbonyl (C=O) groups is 2. The van der Waals surface area contributed by atoms with Crippen molar-refractivity contribution in [3.63, 3.8) is 0 Å². The molecule has 3 N–H and O–H groups in total. The fourth-order valence-electron chi connectivity index (χ4n) is 5.97. The van der Waals surface area contributed by atoms with Crippen LogP contribution in [0.1, 0.15) is 69.7 Å². The number of nitrogens with two attached hydrogens (primary N) is 1. The Morgan fingerprint density at radius 2 is 1.68 bits per heavy atom. The van der Waals surface area contributed by atoms with E-state index in [-0.39, 0.29) is 29.3 Å². The van der Waals surface area contributed by atoms with Crippen LogP contribution in [0.4, 0.5) is 13.2 Å². The first kappa shape index (κ1) is 29.1. The molecule has 10 heteroatoms. The number of pyridine rings is 1. The molecular weight excluding hydrogens is 569 g/mol. The van der Waals surface area contributed by atoms with Gasteiger partial charge in [-0.2, -0.15) is 0 Å². The van der Waals surface area contributed by atoms with Crippen LogP contribution in [0.15, 0.2) is 65.2 Å². The Balaban J connectivity index is 1.50. The van der Waals surface area contributed by atoms with E-state index in [1.165, 1.54) is 18.2 Å². The topological polar surface area (TPSA) is 111 Å². The molecule has 0 aliphatic carbocycles. The first-order chi connectivity index (χ1) is 20.9. The number of hydrogen-bond acceptors (Lipinski definition) is 5. The van der Waals surface area contributed by atoms with Gasteiger partial charge in [0.05, 0.1) is 33.7 Å². The highest BCUT2D eigenvalue weighted by molar-refractivity contribution is 6.12. The van der Waals surface area contributed by atoms with Crippen LogP contribution in [0.2, 0.25) is 0 Å². The van der Waals surface area contributed by atoms with Crippen molar-refractivity contribution >= 4 is 22.8 Å². The summed E-state index contributed by atoms with van der Waals surface area (Å²) in [6.45, 7) is 5.84. The summed E-state index contributed by atoms with van der Waals surface area (Å²) in [5, 5.41) is 7.84. The van der Waals surface area contributed by atoms with Gasteiger partial charge in [-0.3, -0.25) is 14.6 Å². The molecule has 224 valence electrons. The molecule has 0 fully saturated rings. The first-order valence-corrected chi connectivity index (χ1v) is 14.2. The van der Waals surface area contributed by atoms with E-state index >= 15 is 0 Å². The molecular formula is C34H29F3N4O3. The van der Waals surface area contributed by atoms with Crippen LogP contribution in [0.3, 0.4) is 0 Å². The standard InChI is InChI=1S/C34H29F3N4O3/c1-17(2)12-26-29(32(38)42)28(30-31(39-26)34(3,40-33(30)43)16-18-4-8-21(35)9-5-18)20-7-10-22-25(41-44-27(22)15-20)14-19-6-11-23(36)24(37)13-19/h4-11,13,15,17H,12,14,16H2,1-3H3,(H2,38,42)(H,40,43)/t34-/m0/s1. The minimum Gasteiger partial charge on any atom is -0.366 e. The number of carbonyl (C=O) groups excluding carboxylic acids is 2. The van der Waals surface area contributed by atoms with E-state index < -0.39 is 29.0 Å². The lowest BCUT2D eigenvalue weighted by Gasteiger charge is -2.26. The average molecular weight is 599 g/mol. The Morgan fingerprint density at radius 1 is 0.955 bits per heavy atom. The zero-order valence-electron chi connectivity index (χ0n) is 24.3. The highest BCUT2D eigenvalue weighted by Gasteiger charge is 2.44. The van der Waals surface area contributed by atoms with E-state index in [1.807, 2.05) is 20.8 Å². The summed E-state index contributed by atoms with van der Waals surface area (Å²) in [7, 11) is 0. The van der Waals surface area contributed by atoms with Gasteiger partial charge in [0.25, 0.3) is 11.8 Å². The van der Waals surface area contributed by atoms with Gasteiger partial charge < -0.3 is 15.6 Å². The first-order valence-electron chi connectivity index (χ1n) is 14.2. The number of halogens is 3. The number of fused-ring (bicyclic) bond motifs is 2. The van der Waals surface area contributed by atoms with Gasteiger partial charge in [-0.05, 0) is 72.4 Å². The fraction of sp³-hybridized carbons (Fsp3) is 0.235. The van der Waals surface area contributed by atoms with Crippen LogP contribution in [-0.2, 0) is 24.8 Å². The van der Waals surface area contributed by atoms with Gasteiger partial charge in [0.2, 0.25) is 0 Å². The lowest BCUT2D eigenvalue weighted by molar-refractivity contribution is 0.0935. The van der Waals surface area contributed by atoms with Gasteiger partial charge in [-0.25, -0.2) is 13.2 Å². The van der Waals surface area contributed by atoms with Gasteiger partial charge in [0, 0.05) is 23.8 Å². The molecule has 0 radical (unpaired) electrons. The molecule has 3 heterocycles. The molecule has 0 bridgehead atoms. The zero-order valence-corrected chi connectivity index (χ0v) is 24.3. The van der Waals surface area contributed by atoms with Crippen molar-refractivity contribution in [3.8, 4) is 11.1 Å². The van der Waals surface area contributed by atoms with E-state index in [1.54, 1.807) is 30.3 Å². The van der Waals surface area contributed by atoms with Crippen molar-refractivity contribution in [1.82, 2.24) is 15.5 Å². The molecule has 0 saturated carbocycles. The molecule has 44 heavy (non-hydrogen) atoms. The van der Waals surface area contributed by atoms with Crippen molar-refractivity contribution in [2.24, 2.45) is 11.7 Å². The van der Waals surface area contributed by atoms with Crippen molar-refractivity contribution in [2.75, 3.05) is 0 Å². The molecule has 6 rings (SSSR count). The Labute approximate surface area is 251 Å². The third kappa shape index (κ3) is 5.21. The maximum Gasteiger partial charge on any atom is 0.254 e. The molecule has 0 unspecified atom stereocenters. The summed E-state index contributed by atoms with van der Waals surface area (Å²) in [5.41, 5.74) is 9.39. The minimum atomic E-state index is -0.954.